The van der Waals surface area contributed by atoms with Crippen LogP contribution in [0, 0.1) is 6.92 Å². The lowest BCUT2D eigenvalue weighted by Gasteiger charge is -1.89. The molecule has 0 N–H and O–H groups in total. The molecule has 2 heteroatoms. The third-order valence-electron chi connectivity index (χ3n) is 1.21. The van der Waals surface area contributed by atoms with Crippen molar-refractivity contribution in [3.05, 3.63) is 24.1 Å². The largest absolute Gasteiger partial charge is 0.361 e. The van der Waals surface area contributed by atoms with Gasteiger partial charge in [0.2, 0.25) is 0 Å². The molecule has 0 aromatic carbocycles. The first-order valence-corrected chi connectivity index (χ1v) is 2.79. The van der Waals surface area contributed by atoms with E-state index in [0.717, 1.165) is 16.9 Å². The van der Waals surface area contributed by atoms with Crippen LogP contribution in [0.1, 0.15) is 18.2 Å². The van der Waals surface area contributed by atoms with Crippen LogP contribution in [0.25, 0.3) is 5.57 Å². The summed E-state index contributed by atoms with van der Waals surface area (Å²) in [6.45, 7) is 7.56. The van der Waals surface area contributed by atoms with Gasteiger partial charge in [0.05, 0.1) is 6.20 Å². The maximum Gasteiger partial charge on any atom is 0.141 e. The zero-order chi connectivity index (χ0) is 6.85. The minimum atomic E-state index is 0.836. The normalized spacial score (nSPS) is 9.56. The molecule has 0 amide bonds. The number of aromatic nitrogens is 1. The molecular formula is C7H9NO. The van der Waals surface area contributed by atoms with E-state index >= 15 is 0 Å². The van der Waals surface area contributed by atoms with Crippen LogP contribution in [0.3, 0.4) is 0 Å². The summed E-state index contributed by atoms with van der Waals surface area (Å²) >= 11 is 0. The lowest BCUT2D eigenvalue weighted by molar-refractivity contribution is 0.397. The Morgan fingerprint density at radius 1 is 1.78 bits per heavy atom. The minimum absolute atomic E-state index is 0.836. The second-order valence-electron chi connectivity index (χ2n) is 2.08. The summed E-state index contributed by atoms with van der Waals surface area (Å²) in [5.74, 6) is 0.836. The maximum atomic E-state index is 4.81. The minimum Gasteiger partial charge on any atom is -0.361 e. The highest BCUT2D eigenvalue weighted by molar-refractivity contribution is 5.61. The molecular weight excluding hydrogens is 114 g/mol. The number of allylic oxidation sites excluding steroid dienone is 1. The van der Waals surface area contributed by atoms with Gasteiger partial charge in [-0.3, -0.25) is 0 Å². The van der Waals surface area contributed by atoms with Crippen molar-refractivity contribution in [2.24, 2.45) is 0 Å². The summed E-state index contributed by atoms with van der Waals surface area (Å²) in [6, 6.07) is 0. The van der Waals surface area contributed by atoms with Gasteiger partial charge in [-0.05, 0) is 19.4 Å². The zero-order valence-electron chi connectivity index (χ0n) is 5.64. The van der Waals surface area contributed by atoms with Gasteiger partial charge in [-0.1, -0.05) is 11.7 Å². The Labute approximate surface area is 54.2 Å². The molecule has 0 radical (unpaired) electrons. The smallest absolute Gasteiger partial charge is 0.141 e. The predicted octanol–water partition coefficient (Wildman–Crippen LogP) is 2.02. The molecule has 0 bridgehead atoms. The average Bonchev–Trinajstić information content (AvgIpc) is 2.13. The quantitative estimate of drug-likeness (QED) is 0.571. The third-order valence-corrected chi connectivity index (χ3v) is 1.21. The van der Waals surface area contributed by atoms with Crippen LogP contribution in [-0.2, 0) is 0 Å². The molecule has 1 aromatic heterocycles. The van der Waals surface area contributed by atoms with Crippen molar-refractivity contribution in [1.82, 2.24) is 5.16 Å². The summed E-state index contributed by atoms with van der Waals surface area (Å²) in [5, 5.41) is 3.61. The molecule has 48 valence electrons. The van der Waals surface area contributed by atoms with Gasteiger partial charge in [0, 0.05) is 5.56 Å². The van der Waals surface area contributed by atoms with Gasteiger partial charge >= 0.3 is 0 Å². The van der Waals surface area contributed by atoms with Gasteiger partial charge in [-0.25, -0.2) is 0 Å². The second kappa shape index (κ2) is 2.05. The van der Waals surface area contributed by atoms with Crippen molar-refractivity contribution in [3.8, 4) is 0 Å². The Morgan fingerprint density at radius 3 is 2.67 bits per heavy atom. The molecule has 0 saturated carbocycles. The molecule has 9 heavy (non-hydrogen) atoms. The fourth-order valence-corrected chi connectivity index (χ4v) is 0.709. The molecule has 1 rings (SSSR count). The SMILES string of the molecule is C=C(C)c1cnoc1C. The molecule has 0 aliphatic rings. The number of nitrogens with zero attached hydrogens (tertiary/aromatic N) is 1. The van der Waals surface area contributed by atoms with Crippen molar-refractivity contribution in [2.75, 3.05) is 0 Å². The standard InChI is InChI=1S/C7H9NO/c1-5(2)7-4-8-9-6(7)3/h4H,1H2,2-3H3. The molecule has 0 saturated heterocycles. The first-order chi connectivity index (χ1) is 4.22. The first kappa shape index (κ1) is 6.08. The molecule has 0 spiro atoms. The number of hydrogen-bond acceptors (Lipinski definition) is 2. The van der Waals surface area contributed by atoms with Gasteiger partial charge in [0.1, 0.15) is 5.76 Å². The lowest BCUT2D eigenvalue weighted by atomic mass is 10.1. The van der Waals surface area contributed by atoms with Crippen LogP contribution in [0.15, 0.2) is 17.3 Å². The predicted molar refractivity (Wildman–Crippen MR) is 35.9 cm³/mol. The third kappa shape index (κ3) is 1.02. The van der Waals surface area contributed by atoms with Crippen molar-refractivity contribution >= 4 is 5.57 Å². The Balaban J connectivity index is 3.08. The van der Waals surface area contributed by atoms with Crippen LogP contribution in [0.4, 0.5) is 0 Å². The van der Waals surface area contributed by atoms with E-state index in [1.165, 1.54) is 0 Å². The van der Waals surface area contributed by atoms with Crippen LogP contribution in [0.5, 0.6) is 0 Å². The van der Waals surface area contributed by atoms with Crippen LogP contribution >= 0.6 is 0 Å². The average molecular weight is 123 g/mol. The first-order valence-electron chi connectivity index (χ1n) is 2.79. The van der Waals surface area contributed by atoms with E-state index in [-0.39, 0.29) is 0 Å². The van der Waals surface area contributed by atoms with E-state index in [4.69, 9.17) is 4.52 Å². The summed E-state index contributed by atoms with van der Waals surface area (Å²) in [4.78, 5) is 0. The van der Waals surface area contributed by atoms with E-state index in [1.54, 1.807) is 6.20 Å². The number of rotatable bonds is 1. The zero-order valence-corrected chi connectivity index (χ0v) is 5.64. The van der Waals surface area contributed by atoms with Crippen LogP contribution in [0.2, 0.25) is 0 Å². The van der Waals surface area contributed by atoms with Crippen LogP contribution in [-0.4, -0.2) is 5.16 Å². The Bertz CT molecular complexity index is 225. The van der Waals surface area contributed by atoms with E-state index < -0.39 is 0 Å². The van der Waals surface area contributed by atoms with Crippen molar-refractivity contribution < 1.29 is 4.52 Å². The number of hydrogen-bond donors (Lipinski definition) is 0. The van der Waals surface area contributed by atoms with Crippen LogP contribution < -0.4 is 0 Å². The Hall–Kier alpha value is -1.05. The van der Waals surface area contributed by atoms with E-state index in [2.05, 4.69) is 11.7 Å². The molecule has 0 unspecified atom stereocenters. The Kier molecular flexibility index (Phi) is 1.39. The second-order valence-corrected chi connectivity index (χ2v) is 2.08. The van der Waals surface area contributed by atoms with Crippen molar-refractivity contribution in [2.45, 2.75) is 13.8 Å². The van der Waals surface area contributed by atoms with Gasteiger partial charge in [-0.2, -0.15) is 0 Å². The highest BCUT2D eigenvalue weighted by atomic mass is 16.5. The summed E-state index contributed by atoms with van der Waals surface area (Å²) in [6.07, 6.45) is 1.68. The number of aryl methyl sites for hydroxylation is 1. The van der Waals surface area contributed by atoms with Crippen molar-refractivity contribution in [1.29, 1.82) is 0 Å². The van der Waals surface area contributed by atoms with E-state index in [9.17, 15) is 0 Å². The highest BCUT2D eigenvalue weighted by Crippen LogP contribution is 2.14. The van der Waals surface area contributed by atoms with Gasteiger partial charge in [-0.15, -0.1) is 0 Å². The fourth-order valence-electron chi connectivity index (χ4n) is 0.709. The topological polar surface area (TPSA) is 26.0 Å². The van der Waals surface area contributed by atoms with Crippen molar-refractivity contribution in [3.63, 3.8) is 0 Å². The Morgan fingerprint density at radius 2 is 2.44 bits per heavy atom. The lowest BCUT2D eigenvalue weighted by Crippen LogP contribution is -1.74. The molecule has 0 aliphatic heterocycles. The molecule has 0 aliphatic carbocycles. The summed E-state index contributed by atoms with van der Waals surface area (Å²) in [7, 11) is 0. The van der Waals surface area contributed by atoms with Gasteiger partial charge in [0.15, 0.2) is 0 Å². The molecule has 0 fully saturated rings. The summed E-state index contributed by atoms with van der Waals surface area (Å²) < 4.78 is 4.81. The fraction of sp³-hybridized carbons (Fsp3) is 0.286. The summed E-state index contributed by atoms with van der Waals surface area (Å²) in [5.41, 5.74) is 2.00. The van der Waals surface area contributed by atoms with Gasteiger partial charge in [0.25, 0.3) is 0 Å². The van der Waals surface area contributed by atoms with E-state index in [0.29, 0.717) is 0 Å². The monoisotopic (exact) mass is 123 g/mol. The molecule has 2 nitrogen and oxygen atoms in total. The molecule has 0 atom stereocenters. The maximum absolute atomic E-state index is 4.81. The highest BCUT2D eigenvalue weighted by Gasteiger charge is 2.00. The van der Waals surface area contributed by atoms with Gasteiger partial charge < -0.3 is 4.52 Å². The molecule has 1 aromatic rings. The molecule has 1 heterocycles. The van der Waals surface area contributed by atoms with E-state index in [1.807, 2.05) is 13.8 Å².